The highest BCUT2D eigenvalue weighted by Crippen LogP contribution is 2.22. The molecule has 1 aromatic heterocycles. The summed E-state index contributed by atoms with van der Waals surface area (Å²) in [6.07, 6.45) is 1.57. The van der Waals surface area contributed by atoms with Crippen LogP contribution in [0, 0.1) is 12.7 Å². The number of nitrogens with zero attached hydrogens (tertiary/aromatic N) is 1. The van der Waals surface area contributed by atoms with Crippen molar-refractivity contribution in [3.05, 3.63) is 60.6 Å². The zero-order chi connectivity index (χ0) is 14.2. The normalized spacial score (nSPS) is 10.7. The topological polar surface area (TPSA) is 48.0 Å². The molecular formula is C13H11Br2FN2O. The highest BCUT2D eigenvalue weighted by atomic mass is 79.9. The van der Waals surface area contributed by atoms with Crippen LogP contribution in [0.5, 0.6) is 0 Å². The van der Waals surface area contributed by atoms with E-state index in [0.717, 1.165) is 0 Å². The molecule has 0 radical (unpaired) electrons. The van der Waals surface area contributed by atoms with E-state index in [1.165, 1.54) is 10.6 Å². The number of nitrogen functional groups attached to an aromatic ring is 1. The summed E-state index contributed by atoms with van der Waals surface area (Å²) in [5, 5.41) is 0. The van der Waals surface area contributed by atoms with E-state index in [0.29, 0.717) is 25.8 Å². The Balaban J connectivity index is 2.50. The van der Waals surface area contributed by atoms with Crippen LogP contribution in [0.1, 0.15) is 11.1 Å². The molecule has 19 heavy (non-hydrogen) atoms. The van der Waals surface area contributed by atoms with Gasteiger partial charge in [0.05, 0.1) is 21.2 Å². The van der Waals surface area contributed by atoms with Gasteiger partial charge < -0.3 is 10.3 Å². The van der Waals surface area contributed by atoms with Gasteiger partial charge in [-0.3, -0.25) is 4.79 Å². The molecule has 0 aliphatic rings. The molecule has 0 amide bonds. The van der Waals surface area contributed by atoms with E-state index >= 15 is 0 Å². The molecule has 0 bridgehead atoms. The minimum atomic E-state index is -0.357. The van der Waals surface area contributed by atoms with Crippen molar-refractivity contribution in [2.45, 2.75) is 13.5 Å². The molecule has 2 N–H and O–H groups in total. The van der Waals surface area contributed by atoms with Crippen molar-refractivity contribution in [3.8, 4) is 0 Å². The molecule has 0 unspecified atom stereocenters. The van der Waals surface area contributed by atoms with Crippen LogP contribution in [-0.2, 0) is 6.54 Å². The quantitative estimate of drug-likeness (QED) is 0.854. The van der Waals surface area contributed by atoms with Crippen LogP contribution >= 0.6 is 31.9 Å². The van der Waals surface area contributed by atoms with Crippen LogP contribution in [0.25, 0.3) is 0 Å². The first-order valence-electron chi connectivity index (χ1n) is 5.49. The fourth-order valence-electron chi connectivity index (χ4n) is 1.71. The monoisotopic (exact) mass is 388 g/mol. The Labute approximate surface area is 126 Å². The molecule has 100 valence electrons. The molecule has 0 aliphatic carbocycles. The van der Waals surface area contributed by atoms with Gasteiger partial charge in [0.25, 0.3) is 5.56 Å². The number of aromatic nitrogens is 1. The second-order valence-electron chi connectivity index (χ2n) is 4.17. The fourth-order valence-corrected chi connectivity index (χ4v) is 2.55. The highest BCUT2D eigenvalue weighted by Gasteiger charge is 2.11. The summed E-state index contributed by atoms with van der Waals surface area (Å²) in [4.78, 5) is 12.1. The summed E-state index contributed by atoms with van der Waals surface area (Å²) in [5.74, 6) is -0.357. The van der Waals surface area contributed by atoms with Crippen LogP contribution in [0.4, 0.5) is 10.1 Å². The van der Waals surface area contributed by atoms with Gasteiger partial charge in [-0.05, 0) is 56.0 Å². The lowest BCUT2D eigenvalue weighted by Gasteiger charge is -2.11. The second-order valence-corrected chi connectivity index (χ2v) is 5.76. The molecule has 0 aliphatic heterocycles. The van der Waals surface area contributed by atoms with E-state index in [-0.39, 0.29) is 17.9 Å². The summed E-state index contributed by atoms with van der Waals surface area (Å²) >= 11 is 6.41. The Morgan fingerprint density at radius 2 is 2.00 bits per heavy atom. The van der Waals surface area contributed by atoms with Crippen LogP contribution < -0.4 is 11.3 Å². The second kappa shape index (κ2) is 5.46. The van der Waals surface area contributed by atoms with Gasteiger partial charge in [0.2, 0.25) is 0 Å². The Bertz CT molecular complexity index is 698. The van der Waals surface area contributed by atoms with Gasteiger partial charge in [-0.15, -0.1) is 0 Å². The van der Waals surface area contributed by atoms with Gasteiger partial charge in [-0.1, -0.05) is 12.1 Å². The SMILES string of the molecule is Cc1c(N)cn(Cc2cccc(F)c2Br)c(=O)c1Br. The lowest BCUT2D eigenvalue weighted by atomic mass is 10.2. The number of nitrogens with two attached hydrogens (primary N) is 1. The molecule has 0 atom stereocenters. The number of hydrogen-bond donors (Lipinski definition) is 1. The summed E-state index contributed by atoms with van der Waals surface area (Å²) in [6, 6.07) is 4.71. The molecule has 2 aromatic rings. The number of halogens is 3. The Kier molecular flexibility index (Phi) is 4.10. The number of hydrogen-bond acceptors (Lipinski definition) is 2. The zero-order valence-corrected chi connectivity index (χ0v) is 13.3. The Morgan fingerprint density at radius 1 is 1.32 bits per heavy atom. The number of pyridine rings is 1. The van der Waals surface area contributed by atoms with Crippen molar-refractivity contribution < 1.29 is 4.39 Å². The van der Waals surface area contributed by atoms with E-state index in [2.05, 4.69) is 31.9 Å². The lowest BCUT2D eigenvalue weighted by molar-refractivity contribution is 0.615. The maximum absolute atomic E-state index is 13.4. The summed E-state index contributed by atoms with van der Waals surface area (Å²) in [7, 11) is 0. The average molecular weight is 390 g/mol. The van der Waals surface area contributed by atoms with E-state index in [4.69, 9.17) is 5.73 Å². The van der Waals surface area contributed by atoms with Crippen molar-refractivity contribution >= 4 is 37.5 Å². The average Bonchev–Trinajstić information content (AvgIpc) is 2.38. The Morgan fingerprint density at radius 3 is 2.68 bits per heavy atom. The van der Waals surface area contributed by atoms with Crippen molar-refractivity contribution in [2.75, 3.05) is 5.73 Å². The zero-order valence-electron chi connectivity index (χ0n) is 10.1. The first-order chi connectivity index (χ1) is 8.91. The summed E-state index contributed by atoms with van der Waals surface area (Å²) in [6.45, 7) is 2.02. The first-order valence-corrected chi connectivity index (χ1v) is 7.08. The van der Waals surface area contributed by atoms with Crippen molar-refractivity contribution in [3.63, 3.8) is 0 Å². The van der Waals surface area contributed by atoms with Crippen LogP contribution in [0.15, 0.2) is 38.1 Å². The number of anilines is 1. The van der Waals surface area contributed by atoms with Gasteiger partial charge in [0, 0.05) is 6.20 Å². The molecule has 0 fully saturated rings. The predicted molar refractivity (Wildman–Crippen MR) is 80.8 cm³/mol. The van der Waals surface area contributed by atoms with Crippen molar-refractivity contribution in [1.82, 2.24) is 4.57 Å². The van der Waals surface area contributed by atoms with Crippen molar-refractivity contribution in [1.29, 1.82) is 0 Å². The highest BCUT2D eigenvalue weighted by molar-refractivity contribution is 9.10. The van der Waals surface area contributed by atoms with E-state index < -0.39 is 0 Å². The lowest BCUT2D eigenvalue weighted by Crippen LogP contribution is -2.23. The van der Waals surface area contributed by atoms with Gasteiger partial charge in [-0.25, -0.2) is 4.39 Å². The van der Waals surface area contributed by atoms with E-state index in [1.807, 2.05) is 0 Å². The molecule has 2 rings (SSSR count). The summed E-state index contributed by atoms with van der Waals surface area (Å²) < 4.78 is 15.7. The standard InChI is InChI=1S/C13H11Br2FN2O/c1-7-10(17)6-18(13(19)11(7)14)5-8-3-2-4-9(16)12(8)15/h2-4,6H,5,17H2,1H3. The first kappa shape index (κ1) is 14.3. The van der Waals surface area contributed by atoms with Gasteiger partial charge >= 0.3 is 0 Å². The Hall–Kier alpha value is -1.14. The molecule has 1 aromatic carbocycles. The minimum absolute atomic E-state index is 0.192. The molecule has 0 saturated carbocycles. The van der Waals surface area contributed by atoms with E-state index in [1.54, 1.807) is 25.3 Å². The third kappa shape index (κ3) is 2.74. The largest absolute Gasteiger partial charge is 0.397 e. The smallest absolute Gasteiger partial charge is 0.265 e. The molecule has 6 heteroatoms. The third-order valence-corrected chi connectivity index (χ3v) is 4.70. The van der Waals surface area contributed by atoms with Crippen molar-refractivity contribution in [2.24, 2.45) is 0 Å². The van der Waals surface area contributed by atoms with Crippen LogP contribution in [0.3, 0.4) is 0 Å². The maximum Gasteiger partial charge on any atom is 0.265 e. The van der Waals surface area contributed by atoms with Gasteiger partial charge in [0.15, 0.2) is 0 Å². The summed E-state index contributed by atoms with van der Waals surface area (Å²) in [5.41, 5.74) is 7.54. The third-order valence-electron chi connectivity index (χ3n) is 2.88. The molecule has 0 spiro atoms. The van der Waals surface area contributed by atoms with Crippen LogP contribution in [-0.4, -0.2) is 4.57 Å². The molecule has 0 saturated heterocycles. The maximum atomic E-state index is 13.4. The van der Waals surface area contributed by atoms with Gasteiger partial charge in [0.1, 0.15) is 5.82 Å². The van der Waals surface area contributed by atoms with Crippen LogP contribution in [0.2, 0.25) is 0 Å². The number of rotatable bonds is 2. The predicted octanol–water partition coefficient (Wildman–Crippen LogP) is 3.45. The molecule has 1 heterocycles. The van der Waals surface area contributed by atoms with E-state index in [9.17, 15) is 9.18 Å². The van der Waals surface area contributed by atoms with Gasteiger partial charge in [-0.2, -0.15) is 0 Å². The fraction of sp³-hybridized carbons (Fsp3) is 0.154. The molecular weight excluding hydrogens is 379 g/mol. The number of benzene rings is 1. The minimum Gasteiger partial charge on any atom is -0.397 e. The molecule has 3 nitrogen and oxygen atoms in total.